The molecular weight excluding hydrogens is 302 g/mol. The van der Waals surface area contributed by atoms with Gasteiger partial charge in [-0.15, -0.1) is 0 Å². The zero-order valence-electron chi connectivity index (χ0n) is 13.4. The van der Waals surface area contributed by atoms with Gasteiger partial charge in [-0.2, -0.15) is 0 Å². The van der Waals surface area contributed by atoms with Gasteiger partial charge in [0.15, 0.2) is 0 Å². The average Bonchev–Trinajstić information content (AvgIpc) is 3.30. The first-order valence-corrected chi connectivity index (χ1v) is 8.08. The van der Waals surface area contributed by atoms with Crippen LogP contribution in [0.1, 0.15) is 24.0 Å². The summed E-state index contributed by atoms with van der Waals surface area (Å²) in [5, 5.41) is 4.11. The predicted molar refractivity (Wildman–Crippen MR) is 91.4 cm³/mol. The van der Waals surface area contributed by atoms with Crippen molar-refractivity contribution in [3.8, 4) is 11.8 Å². The number of oxime groups is 1. The van der Waals surface area contributed by atoms with Crippen LogP contribution < -0.4 is 0 Å². The molecular formula is C19H17N3O2. The number of benzene rings is 1. The van der Waals surface area contributed by atoms with Crippen LogP contribution >= 0.6 is 0 Å². The van der Waals surface area contributed by atoms with E-state index in [0.29, 0.717) is 18.7 Å². The van der Waals surface area contributed by atoms with Crippen molar-refractivity contribution in [2.45, 2.75) is 26.0 Å². The molecule has 5 nitrogen and oxygen atoms in total. The number of carbonyl (C=O) groups excluding carboxylic acids is 1. The molecule has 1 saturated heterocycles. The van der Waals surface area contributed by atoms with Gasteiger partial charge in [-0.3, -0.25) is 14.7 Å². The zero-order valence-corrected chi connectivity index (χ0v) is 13.4. The molecule has 1 fully saturated rings. The maximum atomic E-state index is 12.5. The minimum Gasteiger partial charge on any atom is -0.369 e. The number of aliphatic imine (C=N–C) groups is 1. The Bertz CT molecular complexity index is 842. The number of fused-ring (bicyclic) bond motifs is 1. The summed E-state index contributed by atoms with van der Waals surface area (Å²) in [6.07, 6.45) is 4.76. The molecule has 0 spiro atoms. The van der Waals surface area contributed by atoms with Crippen LogP contribution in [0.3, 0.4) is 0 Å². The lowest BCUT2D eigenvalue weighted by Gasteiger charge is -2.21. The van der Waals surface area contributed by atoms with Gasteiger partial charge in [-0.25, -0.2) is 0 Å². The van der Waals surface area contributed by atoms with Crippen molar-refractivity contribution in [1.82, 2.24) is 4.90 Å². The third-order valence-electron chi connectivity index (χ3n) is 4.42. The van der Waals surface area contributed by atoms with E-state index in [4.69, 9.17) is 4.84 Å². The fourth-order valence-corrected chi connectivity index (χ4v) is 3.20. The van der Waals surface area contributed by atoms with Crippen LogP contribution in [0.5, 0.6) is 0 Å². The number of hydrogen-bond donors (Lipinski definition) is 0. The lowest BCUT2D eigenvalue weighted by Crippen LogP contribution is -2.38. The van der Waals surface area contributed by atoms with Gasteiger partial charge in [0.2, 0.25) is 6.23 Å². The van der Waals surface area contributed by atoms with Gasteiger partial charge in [0, 0.05) is 24.7 Å². The molecule has 1 aromatic carbocycles. The minimum absolute atomic E-state index is 0.0530. The largest absolute Gasteiger partial charge is 0.369 e. The Kier molecular flexibility index (Phi) is 3.66. The van der Waals surface area contributed by atoms with Crippen LogP contribution in [0.25, 0.3) is 0 Å². The highest BCUT2D eigenvalue weighted by atomic mass is 16.7. The molecule has 2 atom stereocenters. The highest BCUT2D eigenvalue weighted by Gasteiger charge is 2.45. The Morgan fingerprint density at radius 2 is 2.29 bits per heavy atom. The van der Waals surface area contributed by atoms with Crippen LogP contribution in [0, 0.1) is 24.7 Å². The Morgan fingerprint density at radius 1 is 1.38 bits per heavy atom. The summed E-state index contributed by atoms with van der Waals surface area (Å²) in [5.74, 6) is 6.23. The van der Waals surface area contributed by atoms with Gasteiger partial charge in [-0.05, 0) is 43.0 Å². The van der Waals surface area contributed by atoms with Crippen molar-refractivity contribution >= 4 is 17.8 Å². The lowest BCUT2D eigenvalue weighted by atomic mass is 10.0. The smallest absolute Gasteiger partial charge is 0.275 e. The molecule has 2 unspecified atom stereocenters. The standard InChI is InChI=1S/C19H17N3O2/c1-13-4-2-5-14(12-13)7-8-16-15-9-11-22(19(15)24-21-16)18(23)17-6-3-10-20-17/h2,4-6,10,12,15,19H,3,9,11H2,1H3. The van der Waals surface area contributed by atoms with Gasteiger partial charge < -0.3 is 4.84 Å². The molecule has 4 rings (SSSR count). The normalized spacial score (nSPS) is 24.0. The number of nitrogens with zero attached hydrogens (tertiary/aromatic N) is 3. The van der Waals surface area contributed by atoms with Crippen LogP contribution in [0.15, 0.2) is 46.2 Å². The average molecular weight is 319 g/mol. The van der Waals surface area contributed by atoms with Crippen molar-refractivity contribution in [2.24, 2.45) is 16.1 Å². The Hall–Kier alpha value is -2.87. The van der Waals surface area contributed by atoms with E-state index in [2.05, 4.69) is 22.0 Å². The highest BCUT2D eigenvalue weighted by Crippen LogP contribution is 2.32. The molecule has 0 saturated carbocycles. The number of carbonyl (C=O) groups is 1. The van der Waals surface area contributed by atoms with E-state index in [1.807, 2.05) is 37.3 Å². The van der Waals surface area contributed by atoms with Crippen LogP contribution in [-0.4, -0.2) is 35.5 Å². The molecule has 5 heteroatoms. The Balaban J connectivity index is 1.49. The highest BCUT2D eigenvalue weighted by molar-refractivity contribution is 6.04. The van der Waals surface area contributed by atoms with Gasteiger partial charge in [-0.1, -0.05) is 23.2 Å². The van der Waals surface area contributed by atoms with Gasteiger partial charge >= 0.3 is 0 Å². The zero-order chi connectivity index (χ0) is 16.5. The predicted octanol–water partition coefficient (Wildman–Crippen LogP) is 2.27. The van der Waals surface area contributed by atoms with Gasteiger partial charge in [0.25, 0.3) is 5.91 Å². The quantitative estimate of drug-likeness (QED) is 0.746. The second-order valence-corrected chi connectivity index (χ2v) is 6.12. The van der Waals surface area contributed by atoms with Crippen LogP contribution in [0.2, 0.25) is 0 Å². The van der Waals surface area contributed by atoms with E-state index in [9.17, 15) is 4.79 Å². The summed E-state index contributed by atoms with van der Waals surface area (Å²) in [6, 6.07) is 8.04. The maximum absolute atomic E-state index is 12.5. The summed E-state index contributed by atoms with van der Waals surface area (Å²) in [7, 11) is 0. The summed E-state index contributed by atoms with van der Waals surface area (Å²) >= 11 is 0. The molecule has 0 bridgehead atoms. The second-order valence-electron chi connectivity index (χ2n) is 6.12. The van der Waals surface area contributed by atoms with Crippen molar-refractivity contribution in [3.05, 3.63) is 47.2 Å². The van der Waals surface area contributed by atoms with E-state index >= 15 is 0 Å². The van der Waals surface area contributed by atoms with Gasteiger partial charge in [0.05, 0.1) is 5.92 Å². The molecule has 0 aliphatic carbocycles. The molecule has 3 heterocycles. The van der Waals surface area contributed by atoms with Crippen LogP contribution in [-0.2, 0) is 9.63 Å². The van der Waals surface area contributed by atoms with E-state index in [-0.39, 0.29) is 18.1 Å². The second kappa shape index (κ2) is 5.97. The number of allylic oxidation sites excluding steroid dienone is 1. The first-order chi connectivity index (χ1) is 11.7. The Morgan fingerprint density at radius 3 is 3.08 bits per heavy atom. The molecule has 24 heavy (non-hydrogen) atoms. The van der Waals surface area contributed by atoms with Crippen molar-refractivity contribution in [3.63, 3.8) is 0 Å². The van der Waals surface area contributed by atoms with E-state index in [1.165, 1.54) is 5.56 Å². The third kappa shape index (κ3) is 2.61. The summed E-state index contributed by atoms with van der Waals surface area (Å²) in [6.45, 7) is 2.68. The Labute approximate surface area is 140 Å². The number of hydrogen-bond acceptors (Lipinski definition) is 4. The fraction of sp³-hybridized carbons (Fsp3) is 0.316. The molecule has 3 aliphatic heterocycles. The first-order valence-electron chi connectivity index (χ1n) is 8.08. The van der Waals surface area contributed by atoms with Gasteiger partial charge in [0.1, 0.15) is 11.4 Å². The molecule has 1 aromatic rings. The van der Waals surface area contributed by atoms with E-state index in [1.54, 1.807) is 11.1 Å². The summed E-state index contributed by atoms with van der Waals surface area (Å²) in [4.78, 5) is 23.8. The topological polar surface area (TPSA) is 54.3 Å². The number of aryl methyl sites for hydroxylation is 1. The summed E-state index contributed by atoms with van der Waals surface area (Å²) < 4.78 is 0. The van der Waals surface area contributed by atoms with Crippen molar-refractivity contribution in [1.29, 1.82) is 0 Å². The monoisotopic (exact) mass is 319 g/mol. The minimum atomic E-state index is -0.351. The molecule has 0 N–H and O–H groups in total. The molecule has 0 aromatic heterocycles. The molecule has 120 valence electrons. The molecule has 3 aliphatic rings. The number of likely N-dealkylation sites (tertiary alicyclic amines) is 1. The van der Waals surface area contributed by atoms with E-state index in [0.717, 1.165) is 17.7 Å². The number of amides is 1. The van der Waals surface area contributed by atoms with Crippen molar-refractivity contribution in [2.75, 3.05) is 6.54 Å². The van der Waals surface area contributed by atoms with Crippen molar-refractivity contribution < 1.29 is 9.63 Å². The van der Waals surface area contributed by atoms with Crippen LogP contribution in [0.4, 0.5) is 0 Å². The maximum Gasteiger partial charge on any atom is 0.275 e. The van der Waals surface area contributed by atoms with E-state index < -0.39 is 0 Å². The summed E-state index contributed by atoms with van der Waals surface area (Å²) in [5.41, 5.74) is 3.35. The first kappa shape index (κ1) is 14.7. The molecule has 0 radical (unpaired) electrons. The third-order valence-corrected chi connectivity index (χ3v) is 4.42. The SMILES string of the molecule is Cc1cccc(C#CC2=NOC3C2CCN3C(=O)C2=CCC=N2)c1. The number of rotatable bonds is 1. The molecule has 1 amide bonds. The lowest BCUT2D eigenvalue weighted by molar-refractivity contribution is -0.137. The fourth-order valence-electron chi connectivity index (χ4n) is 3.20.